The van der Waals surface area contributed by atoms with Gasteiger partial charge in [0.15, 0.2) is 5.78 Å². The van der Waals surface area contributed by atoms with Gasteiger partial charge in [-0.15, -0.1) is 0 Å². The van der Waals surface area contributed by atoms with Crippen molar-refractivity contribution in [1.82, 2.24) is 0 Å². The predicted octanol–water partition coefficient (Wildman–Crippen LogP) is 1.23. The maximum atomic E-state index is 11.0. The average Bonchev–Trinajstić information content (AvgIpc) is 1.83. The maximum Gasteiger partial charge on any atom is 0.160 e. The van der Waals surface area contributed by atoms with Gasteiger partial charge in [0.2, 0.25) is 0 Å². The summed E-state index contributed by atoms with van der Waals surface area (Å²) in [6.45, 7) is 2.77. The van der Waals surface area contributed by atoms with Gasteiger partial charge in [-0.05, 0) is 13.0 Å². The first kappa shape index (κ1) is 10.4. The van der Waals surface area contributed by atoms with E-state index in [2.05, 4.69) is 21.1 Å². The molecule has 0 amide bonds. The Morgan fingerprint density at radius 3 is 2.27 bits per heavy atom. The second-order valence-electron chi connectivity index (χ2n) is 3.73. The molecule has 0 atom stereocenters. The largest absolute Gasteiger partial charge is 0.331 e. The third-order valence-corrected chi connectivity index (χ3v) is 1.38. The Kier molecular flexibility index (Phi) is 4.04. The summed E-state index contributed by atoms with van der Waals surface area (Å²) in [6.07, 6.45) is 4.07. The van der Waals surface area contributed by atoms with Gasteiger partial charge in [-0.1, -0.05) is 6.08 Å². The third kappa shape index (κ3) is 7.26. The Labute approximate surface area is 69.1 Å². The average molecular weight is 156 g/mol. The minimum Gasteiger partial charge on any atom is -0.331 e. The molecule has 0 rings (SSSR count). The summed E-state index contributed by atoms with van der Waals surface area (Å²) in [5.74, 6) is 0.223. The number of quaternary nitrogens is 1. The van der Waals surface area contributed by atoms with E-state index in [0.717, 1.165) is 11.0 Å². The van der Waals surface area contributed by atoms with Crippen molar-refractivity contribution < 1.29 is 9.28 Å². The normalized spacial score (nSPS) is 12.4. The standard InChI is InChI=1S/C9H18NO/c1-5-6-9(11)7-8-10(2,3)4/h5-6H,7-8H2,1-4H3/q+1. The zero-order valence-electron chi connectivity index (χ0n) is 7.92. The Balaban J connectivity index is 3.63. The zero-order valence-corrected chi connectivity index (χ0v) is 7.92. The molecule has 0 radical (unpaired) electrons. The van der Waals surface area contributed by atoms with E-state index in [0.29, 0.717) is 6.42 Å². The fourth-order valence-electron chi connectivity index (χ4n) is 0.715. The lowest BCUT2D eigenvalue weighted by Gasteiger charge is -2.22. The molecule has 11 heavy (non-hydrogen) atoms. The Morgan fingerprint density at radius 1 is 1.36 bits per heavy atom. The summed E-state index contributed by atoms with van der Waals surface area (Å²) in [7, 11) is 6.26. The molecule has 0 aliphatic heterocycles. The second-order valence-corrected chi connectivity index (χ2v) is 3.73. The van der Waals surface area contributed by atoms with Crippen LogP contribution in [0.2, 0.25) is 0 Å². The summed E-state index contributed by atoms with van der Waals surface area (Å²) in [5.41, 5.74) is 0. The molecule has 0 aliphatic rings. The molecule has 0 unspecified atom stereocenters. The van der Waals surface area contributed by atoms with E-state index < -0.39 is 0 Å². The first-order valence-corrected chi connectivity index (χ1v) is 3.91. The molecule has 0 aromatic carbocycles. The molecule has 2 nitrogen and oxygen atoms in total. The number of hydrogen-bond donors (Lipinski definition) is 0. The molecular formula is C9H18NO+. The van der Waals surface area contributed by atoms with E-state index in [1.807, 2.05) is 6.92 Å². The van der Waals surface area contributed by atoms with E-state index >= 15 is 0 Å². The molecule has 2 heteroatoms. The minimum atomic E-state index is 0.223. The van der Waals surface area contributed by atoms with Crippen LogP contribution in [-0.4, -0.2) is 38.0 Å². The van der Waals surface area contributed by atoms with Crippen molar-refractivity contribution >= 4 is 5.78 Å². The second kappa shape index (κ2) is 4.29. The van der Waals surface area contributed by atoms with Crippen LogP contribution in [0.15, 0.2) is 12.2 Å². The molecule has 0 saturated carbocycles. The van der Waals surface area contributed by atoms with Crippen LogP contribution in [-0.2, 0) is 4.79 Å². The molecule has 0 bridgehead atoms. The number of hydrogen-bond acceptors (Lipinski definition) is 1. The van der Waals surface area contributed by atoms with Crippen LogP contribution in [0.25, 0.3) is 0 Å². The SMILES string of the molecule is CC=CC(=O)CC[N+](C)(C)C. The molecule has 0 heterocycles. The highest BCUT2D eigenvalue weighted by Crippen LogP contribution is 1.94. The lowest BCUT2D eigenvalue weighted by molar-refractivity contribution is -0.869. The maximum absolute atomic E-state index is 11.0. The van der Waals surface area contributed by atoms with Crippen molar-refractivity contribution in [1.29, 1.82) is 0 Å². The van der Waals surface area contributed by atoms with Crippen LogP contribution in [0.1, 0.15) is 13.3 Å². The van der Waals surface area contributed by atoms with Crippen LogP contribution in [0, 0.1) is 0 Å². The monoisotopic (exact) mass is 156 g/mol. The quantitative estimate of drug-likeness (QED) is 0.442. The van der Waals surface area contributed by atoms with Crippen molar-refractivity contribution in [2.45, 2.75) is 13.3 Å². The van der Waals surface area contributed by atoms with Gasteiger partial charge in [-0.2, -0.15) is 0 Å². The van der Waals surface area contributed by atoms with Gasteiger partial charge in [0.1, 0.15) is 0 Å². The molecule has 0 aromatic heterocycles. The highest BCUT2D eigenvalue weighted by Gasteiger charge is 2.08. The number of ketones is 1. The van der Waals surface area contributed by atoms with Gasteiger partial charge in [0.25, 0.3) is 0 Å². The summed E-state index contributed by atoms with van der Waals surface area (Å²) >= 11 is 0. The molecular weight excluding hydrogens is 138 g/mol. The lowest BCUT2D eigenvalue weighted by Crippen LogP contribution is -2.36. The Bertz CT molecular complexity index is 153. The summed E-state index contributed by atoms with van der Waals surface area (Å²) in [6, 6.07) is 0. The molecule has 0 N–H and O–H groups in total. The molecule has 0 spiro atoms. The number of carbonyl (C=O) groups excluding carboxylic acids is 1. The lowest BCUT2D eigenvalue weighted by atomic mass is 10.2. The summed E-state index contributed by atoms with van der Waals surface area (Å²) in [5, 5.41) is 0. The molecule has 0 fully saturated rings. The van der Waals surface area contributed by atoms with Crippen molar-refractivity contribution in [3.8, 4) is 0 Å². The Hall–Kier alpha value is -0.630. The molecule has 64 valence electrons. The number of nitrogens with zero attached hydrogens (tertiary/aromatic N) is 1. The number of allylic oxidation sites excluding steroid dienone is 2. The van der Waals surface area contributed by atoms with Crippen LogP contribution in [0.5, 0.6) is 0 Å². The zero-order chi connectivity index (χ0) is 8.91. The van der Waals surface area contributed by atoms with E-state index in [-0.39, 0.29) is 5.78 Å². The number of rotatable bonds is 4. The third-order valence-electron chi connectivity index (χ3n) is 1.38. The fourth-order valence-corrected chi connectivity index (χ4v) is 0.715. The van der Waals surface area contributed by atoms with Crippen LogP contribution >= 0.6 is 0 Å². The topological polar surface area (TPSA) is 17.1 Å². The number of carbonyl (C=O) groups is 1. The predicted molar refractivity (Wildman–Crippen MR) is 47.3 cm³/mol. The van der Waals surface area contributed by atoms with Crippen molar-refractivity contribution in [2.24, 2.45) is 0 Å². The van der Waals surface area contributed by atoms with Gasteiger partial charge in [-0.25, -0.2) is 0 Å². The minimum absolute atomic E-state index is 0.223. The highest BCUT2D eigenvalue weighted by atomic mass is 16.1. The van der Waals surface area contributed by atoms with E-state index in [1.54, 1.807) is 12.2 Å². The molecule has 0 saturated heterocycles. The molecule has 0 aromatic rings. The van der Waals surface area contributed by atoms with Crippen LogP contribution in [0.3, 0.4) is 0 Å². The Morgan fingerprint density at radius 2 is 1.91 bits per heavy atom. The van der Waals surface area contributed by atoms with Gasteiger partial charge < -0.3 is 4.48 Å². The van der Waals surface area contributed by atoms with Crippen LogP contribution in [0.4, 0.5) is 0 Å². The molecule has 0 aliphatic carbocycles. The van der Waals surface area contributed by atoms with Crippen molar-refractivity contribution in [3.63, 3.8) is 0 Å². The van der Waals surface area contributed by atoms with Gasteiger partial charge in [-0.3, -0.25) is 4.79 Å². The smallest absolute Gasteiger partial charge is 0.160 e. The van der Waals surface area contributed by atoms with E-state index in [1.165, 1.54) is 0 Å². The van der Waals surface area contributed by atoms with Crippen molar-refractivity contribution in [2.75, 3.05) is 27.7 Å². The van der Waals surface area contributed by atoms with Crippen molar-refractivity contribution in [3.05, 3.63) is 12.2 Å². The summed E-state index contributed by atoms with van der Waals surface area (Å²) < 4.78 is 0.850. The van der Waals surface area contributed by atoms with Gasteiger partial charge in [0, 0.05) is 0 Å². The van der Waals surface area contributed by atoms with E-state index in [9.17, 15) is 4.79 Å². The fraction of sp³-hybridized carbons (Fsp3) is 0.667. The van der Waals surface area contributed by atoms with Gasteiger partial charge in [0.05, 0.1) is 34.1 Å². The first-order valence-electron chi connectivity index (χ1n) is 3.91. The van der Waals surface area contributed by atoms with Gasteiger partial charge >= 0.3 is 0 Å². The first-order chi connectivity index (χ1) is 4.95. The van der Waals surface area contributed by atoms with E-state index in [4.69, 9.17) is 0 Å². The highest BCUT2D eigenvalue weighted by molar-refractivity contribution is 5.89. The van der Waals surface area contributed by atoms with Crippen LogP contribution < -0.4 is 0 Å². The summed E-state index contributed by atoms with van der Waals surface area (Å²) in [4.78, 5) is 11.0.